The monoisotopic (exact) mass is 1400 g/mol. The summed E-state index contributed by atoms with van der Waals surface area (Å²) in [5, 5.41) is 10.1. The van der Waals surface area contributed by atoms with Crippen LogP contribution >= 0.6 is 0 Å². The minimum atomic E-state index is -0.716. The molecule has 14 heteroatoms. The van der Waals surface area contributed by atoms with Crippen LogP contribution in [0.4, 0.5) is 0 Å². The van der Waals surface area contributed by atoms with Crippen molar-refractivity contribution in [3.05, 3.63) is 213 Å². The standard InChI is InChI=1S/C31H32N2O3.C30H29NO4.C30H31NO3/c1-18(34)30(36-31(2,3)4)28-24-17-33(5)16-23(24)20-8-6-7-9-21(20)27(28)22-10-11-25-26-19(13-15-35-25)12-14-32-29(22)26;1-17(32)29(35-30(2,3)4)27-23-16-33-15-22(23)19-7-5-6-8-20(19)26(27)21-9-10-24-25-18(12-14-34-24)11-13-31-28(21)25;1-17-18(2)25(29(19(3)32)34-30(4,5)6)27(22-10-8-7-9-21(17)22)23-11-12-24-26-20(14-16-33-24)13-15-31-28(23)26/h6-12,14,30H,13,15-17H2,1-5H3;5-11,13,29H,12,14-16H2,1-4H3;7-13,15,29H,14,16H2,1-6H3/t30-;2*29-/m111/s1. The predicted molar refractivity (Wildman–Crippen MR) is 418 cm³/mol. The van der Waals surface area contributed by atoms with Crippen LogP contribution in [0.2, 0.25) is 0 Å². The van der Waals surface area contributed by atoms with Crippen molar-refractivity contribution in [1.82, 2.24) is 19.9 Å². The van der Waals surface area contributed by atoms with Crippen LogP contribution in [0.15, 0.2) is 146 Å². The second-order valence-electron chi connectivity index (χ2n) is 31.7. The van der Waals surface area contributed by atoms with Gasteiger partial charge in [-0.25, -0.2) is 0 Å². The zero-order valence-electron chi connectivity index (χ0n) is 63.0. The van der Waals surface area contributed by atoms with Gasteiger partial charge in [0.1, 0.15) is 35.6 Å². The molecule has 3 aromatic heterocycles. The zero-order chi connectivity index (χ0) is 73.7. The van der Waals surface area contributed by atoms with E-state index in [4.69, 9.17) is 48.1 Å². The molecular weight excluding hydrogens is 1310 g/mol. The van der Waals surface area contributed by atoms with Crippen molar-refractivity contribution in [3.8, 4) is 50.6 Å². The Morgan fingerprint density at radius 2 is 0.733 bits per heavy atom. The summed E-state index contributed by atoms with van der Waals surface area (Å²) in [6.07, 6.45) is 6.16. The molecule has 0 amide bonds. The highest BCUT2D eigenvalue weighted by Gasteiger charge is 2.39. The van der Waals surface area contributed by atoms with Crippen molar-refractivity contribution in [2.75, 3.05) is 26.9 Å². The number of ketones is 3. The molecule has 5 aliphatic rings. The van der Waals surface area contributed by atoms with E-state index in [9.17, 15) is 14.4 Å². The molecule has 105 heavy (non-hydrogen) atoms. The summed E-state index contributed by atoms with van der Waals surface area (Å²) in [5.41, 5.74) is 20.8. The quantitative estimate of drug-likeness (QED) is 0.114. The minimum Gasteiger partial charge on any atom is -0.493 e. The number of benzene rings is 9. The van der Waals surface area contributed by atoms with Gasteiger partial charge in [-0.3, -0.25) is 34.2 Å². The molecule has 8 heterocycles. The maximum atomic E-state index is 13.3. The van der Waals surface area contributed by atoms with E-state index in [1.54, 1.807) is 20.8 Å². The molecule has 0 saturated carbocycles. The Labute approximate surface area is 614 Å². The van der Waals surface area contributed by atoms with E-state index < -0.39 is 35.1 Å². The third-order valence-electron chi connectivity index (χ3n) is 21.0. The molecule has 0 N–H and O–H groups in total. The van der Waals surface area contributed by atoms with E-state index in [-0.39, 0.29) is 17.3 Å². The summed E-state index contributed by atoms with van der Waals surface area (Å²) >= 11 is 0. The van der Waals surface area contributed by atoms with E-state index in [1.165, 1.54) is 38.6 Å². The number of hydrogen-bond acceptors (Lipinski definition) is 14. The van der Waals surface area contributed by atoms with E-state index in [1.807, 2.05) is 99.1 Å². The summed E-state index contributed by atoms with van der Waals surface area (Å²) in [5.74, 6) is 2.60. The molecule has 14 nitrogen and oxygen atoms in total. The third-order valence-corrected chi connectivity index (χ3v) is 21.0. The van der Waals surface area contributed by atoms with Crippen molar-refractivity contribution in [2.24, 2.45) is 0 Å². The molecular formula is C91H92N4O10. The smallest absolute Gasteiger partial charge is 0.163 e. The molecule has 0 bridgehead atoms. The first kappa shape index (κ1) is 70.8. The van der Waals surface area contributed by atoms with Crippen LogP contribution in [0.3, 0.4) is 0 Å². The first-order valence-corrected chi connectivity index (χ1v) is 36.8. The molecule has 12 aromatic rings. The molecule has 3 atom stereocenters. The molecule has 536 valence electrons. The van der Waals surface area contributed by atoms with Crippen molar-refractivity contribution < 1.29 is 47.5 Å². The Morgan fingerprint density at radius 1 is 0.400 bits per heavy atom. The fourth-order valence-electron chi connectivity index (χ4n) is 16.7. The van der Waals surface area contributed by atoms with Crippen LogP contribution in [0.1, 0.15) is 168 Å². The molecule has 0 spiro atoms. The van der Waals surface area contributed by atoms with Gasteiger partial charge in [0.05, 0.1) is 66.4 Å². The fraction of sp³-hybridized carbons (Fsp3) is 0.341. The number of aryl methyl sites for hydroxylation is 1. The first-order chi connectivity index (χ1) is 50.2. The molecule has 17 rings (SSSR count). The van der Waals surface area contributed by atoms with Crippen molar-refractivity contribution in [2.45, 2.75) is 178 Å². The van der Waals surface area contributed by atoms with Gasteiger partial charge in [-0.05, 0) is 263 Å². The van der Waals surface area contributed by atoms with Gasteiger partial charge < -0.3 is 33.2 Å². The highest BCUT2D eigenvalue weighted by atomic mass is 16.5. The van der Waals surface area contributed by atoms with Crippen LogP contribution in [0, 0.1) is 13.8 Å². The number of ether oxygens (including phenoxy) is 7. The van der Waals surface area contributed by atoms with Gasteiger partial charge in [0.25, 0.3) is 0 Å². The molecule has 0 unspecified atom stereocenters. The lowest BCUT2D eigenvalue weighted by Gasteiger charge is -2.31. The Hall–Kier alpha value is -9.80. The predicted octanol–water partition coefficient (Wildman–Crippen LogP) is 19.9. The number of Topliss-reactive ketones (excluding diaryl/α,β-unsaturated/α-hetero) is 3. The lowest BCUT2D eigenvalue weighted by Crippen LogP contribution is -2.27. The number of carbonyl (C=O) groups excluding carboxylic acids is 3. The van der Waals surface area contributed by atoms with Crippen molar-refractivity contribution >= 4 is 82.4 Å². The van der Waals surface area contributed by atoms with E-state index >= 15 is 0 Å². The lowest BCUT2D eigenvalue weighted by molar-refractivity contribution is -0.139. The molecule has 0 fully saturated rings. The molecule has 0 aliphatic carbocycles. The zero-order valence-corrected chi connectivity index (χ0v) is 63.0. The largest absolute Gasteiger partial charge is 0.493 e. The highest BCUT2D eigenvalue weighted by Crippen LogP contribution is 2.52. The summed E-state index contributed by atoms with van der Waals surface area (Å²) < 4.78 is 43.4. The summed E-state index contributed by atoms with van der Waals surface area (Å²) in [6, 6.07) is 44.0. The second-order valence-corrected chi connectivity index (χ2v) is 31.7. The Bertz CT molecular complexity index is 5530. The van der Waals surface area contributed by atoms with Gasteiger partial charge in [0, 0.05) is 94.9 Å². The van der Waals surface area contributed by atoms with Crippen LogP contribution in [0.25, 0.3) is 98.4 Å². The minimum absolute atomic E-state index is 0.00650. The average molecular weight is 1400 g/mol. The maximum absolute atomic E-state index is 13.3. The summed E-state index contributed by atoms with van der Waals surface area (Å²) in [7, 11) is 2.13. The SMILES string of the molecule is CC(=O)[C@@H](OC(C)(C)C)c1c(C)c(C)c2ccccc2c1-c1ccc2c3c(ccnc13)CCO2.CC(=O)[C@@H](OC(C)(C)C)c1c2c(c3ccccc3c1-c1ccc3c4c(ccnc14)CCO3)CN(C)C2.CC(=O)[C@@H](OC(C)(C)C)c1c2c(c3ccccc3c1-c1ccc3c4c(ccnc14)CCO3)COC2. The number of carbonyl (C=O) groups is 3. The number of hydrogen-bond donors (Lipinski definition) is 0. The number of nitrogens with zero attached hydrogens (tertiary/aromatic N) is 4. The van der Waals surface area contributed by atoms with Crippen LogP contribution in [-0.4, -0.2) is 80.9 Å². The van der Waals surface area contributed by atoms with E-state index in [0.717, 1.165) is 176 Å². The summed E-state index contributed by atoms with van der Waals surface area (Å²) in [6.45, 7) is 31.7. The Balaban J connectivity index is 0.000000127. The van der Waals surface area contributed by atoms with Gasteiger partial charge in [-0.15, -0.1) is 0 Å². The molecule has 0 saturated heterocycles. The van der Waals surface area contributed by atoms with Gasteiger partial charge >= 0.3 is 0 Å². The average Bonchev–Trinajstić information content (AvgIpc) is 1.49. The number of fused-ring (bicyclic) bond motifs is 7. The van der Waals surface area contributed by atoms with Crippen LogP contribution in [0.5, 0.6) is 17.2 Å². The van der Waals surface area contributed by atoms with Gasteiger partial charge in [0.15, 0.2) is 17.3 Å². The van der Waals surface area contributed by atoms with Crippen molar-refractivity contribution in [1.29, 1.82) is 0 Å². The molecule has 5 aliphatic heterocycles. The Kier molecular flexibility index (Phi) is 18.6. The summed E-state index contributed by atoms with van der Waals surface area (Å²) in [4.78, 5) is 56.4. The van der Waals surface area contributed by atoms with Gasteiger partial charge in [-0.1, -0.05) is 72.8 Å². The Morgan fingerprint density at radius 3 is 1.13 bits per heavy atom. The van der Waals surface area contributed by atoms with E-state index in [2.05, 4.69) is 135 Å². The fourth-order valence-corrected chi connectivity index (χ4v) is 16.7. The van der Waals surface area contributed by atoms with Gasteiger partial charge in [0.2, 0.25) is 0 Å². The lowest BCUT2D eigenvalue weighted by atomic mass is 9.82. The molecule has 9 aromatic carbocycles. The van der Waals surface area contributed by atoms with Crippen molar-refractivity contribution in [3.63, 3.8) is 0 Å². The van der Waals surface area contributed by atoms with Crippen LogP contribution < -0.4 is 14.2 Å². The highest BCUT2D eigenvalue weighted by molar-refractivity contribution is 6.13. The molecule has 0 radical (unpaired) electrons. The van der Waals surface area contributed by atoms with Gasteiger partial charge in [-0.2, -0.15) is 0 Å². The normalized spacial score (nSPS) is 15.5. The topological polar surface area (TPSA) is 158 Å². The first-order valence-electron chi connectivity index (χ1n) is 36.8. The number of rotatable bonds is 12. The second kappa shape index (κ2) is 27.6. The van der Waals surface area contributed by atoms with E-state index in [0.29, 0.717) is 33.0 Å². The van der Waals surface area contributed by atoms with Crippen LogP contribution in [-0.2, 0) is 78.9 Å². The number of aromatic nitrogens is 3. The third kappa shape index (κ3) is 13.1. The maximum Gasteiger partial charge on any atom is 0.163 e. The number of pyridine rings is 3.